The molecule has 2 rings (SSSR count). The molecule has 0 saturated carbocycles. The number of rotatable bonds is 6. The molecule has 0 aliphatic rings. The molecule has 106 valence electrons. The average Bonchev–Trinajstić information content (AvgIpc) is 3.01. The van der Waals surface area contributed by atoms with Crippen molar-refractivity contribution in [3.63, 3.8) is 0 Å². The Hall–Kier alpha value is -1.65. The van der Waals surface area contributed by atoms with E-state index in [4.69, 9.17) is 5.11 Å². The maximum atomic E-state index is 12.0. The lowest BCUT2D eigenvalue weighted by atomic mass is 10.0. The predicted molar refractivity (Wildman–Crippen MR) is 81.8 cm³/mol. The molecule has 1 aromatic heterocycles. The van der Waals surface area contributed by atoms with E-state index in [1.807, 2.05) is 48.0 Å². The van der Waals surface area contributed by atoms with Gasteiger partial charge in [0.15, 0.2) is 0 Å². The second-order valence-corrected chi connectivity index (χ2v) is 5.57. The largest absolute Gasteiger partial charge is 0.392 e. The smallest absolute Gasteiger partial charge is 0.227 e. The molecule has 4 heteroatoms. The Balaban J connectivity index is 1.78. The number of aliphatic hydroxyl groups is 1. The van der Waals surface area contributed by atoms with E-state index < -0.39 is 0 Å². The summed E-state index contributed by atoms with van der Waals surface area (Å²) < 4.78 is 0. The van der Waals surface area contributed by atoms with Gasteiger partial charge in [-0.05, 0) is 46.9 Å². The zero-order chi connectivity index (χ0) is 14.4. The Bertz CT molecular complexity index is 534. The van der Waals surface area contributed by atoms with Crippen LogP contribution in [0.25, 0.3) is 0 Å². The molecule has 1 amide bonds. The Morgan fingerprint density at radius 3 is 2.55 bits per heavy atom. The van der Waals surface area contributed by atoms with Gasteiger partial charge in [-0.25, -0.2) is 0 Å². The zero-order valence-electron chi connectivity index (χ0n) is 11.5. The van der Waals surface area contributed by atoms with Gasteiger partial charge in [0, 0.05) is 6.54 Å². The third-order valence-corrected chi connectivity index (χ3v) is 4.06. The Morgan fingerprint density at radius 1 is 1.25 bits per heavy atom. The molecule has 1 unspecified atom stereocenters. The van der Waals surface area contributed by atoms with Crippen molar-refractivity contribution in [3.8, 4) is 0 Å². The van der Waals surface area contributed by atoms with E-state index in [1.165, 1.54) is 0 Å². The fourth-order valence-electron chi connectivity index (χ4n) is 1.97. The summed E-state index contributed by atoms with van der Waals surface area (Å²) >= 11 is 1.61. The van der Waals surface area contributed by atoms with Crippen LogP contribution in [0.5, 0.6) is 0 Å². The number of aliphatic hydroxyl groups excluding tert-OH is 1. The molecule has 0 spiro atoms. The van der Waals surface area contributed by atoms with Gasteiger partial charge in [-0.3, -0.25) is 4.79 Å². The van der Waals surface area contributed by atoms with Crippen LogP contribution in [-0.2, 0) is 17.8 Å². The normalized spacial score (nSPS) is 12.1. The summed E-state index contributed by atoms with van der Waals surface area (Å²) in [5.41, 5.74) is 3.13. The summed E-state index contributed by atoms with van der Waals surface area (Å²) in [5.74, 6) is -0.0339. The molecule has 2 N–H and O–H groups in total. The van der Waals surface area contributed by atoms with Crippen LogP contribution in [0, 0.1) is 0 Å². The van der Waals surface area contributed by atoms with Gasteiger partial charge in [0.2, 0.25) is 5.91 Å². The lowest BCUT2D eigenvalue weighted by Crippen LogP contribution is -2.29. The number of amides is 1. The van der Waals surface area contributed by atoms with Gasteiger partial charge in [0.1, 0.15) is 0 Å². The summed E-state index contributed by atoms with van der Waals surface area (Å²) in [6.45, 7) is 2.62. The van der Waals surface area contributed by atoms with Crippen molar-refractivity contribution in [1.82, 2.24) is 5.32 Å². The van der Waals surface area contributed by atoms with Crippen LogP contribution in [0.4, 0.5) is 0 Å². The third-order valence-electron chi connectivity index (χ3n) is 3.35. The molecule has 0 bridgehead atoms. The Morgan fingerprint density at radius 2 is 1.95 bits per heavy atom. The first-order valence-electron chi connectivity index (χ1n) is 6.69. The van der Waals surface area contributed by atoms with Crippen molar-refractivity contribution in [3.05, 3.63) is 57.8 Å². The molecule has 0 radical (unpaired) electrons. The number of hydrogen-bond acceptors (Lipinski definition) is 3. The summed E-state index contributed by atoms with van der Waals surface area (Å²) in [6.07, 6.45) is 0.799. The Kier molecular flexibility index (Phi) is 5.32. The molecule has 1 atom stereocenters. The quantitative estimate of drug-likeness (QED) is 0.859. The highest BCUT2D eigenvalue weighted by Crippen LogP contribution is 2.18. The zero-order valence-corrected chi connectivity index (χ0v) is 12.3. The number of thiophene rings is 1. The number of carbonyl (C=O) groups is 1. The van der Waals surface area contributed by atoms with Gasteiger partial charge >= 0.3 is 0 Å². The van der Waals surface area contributed by atoms with Crippen molar-refractivity contribution < 1.29 is 9.90 Å². The van der Waals surface area contributed by atoms with Gasteiger partial charge in [0.05, 0.1) is 12.5 Å². The maximum Gasteiger partial charge on any atom is 0.227 e. The van der Waals surface area contributed by atoms with Crippen molar-refractivity contribution in [2.45, 2.75) is 25.9 Å². The monoisotopic (exact) mass is 289 g/mol. The van der Waals surface area contributed by atoms with E-state index in [9.17, 15) is 4.79 Å². The first-order valence-corrected chi connectivity index (χ1v) is 7.63. The van der Waals surface area contributed by atoms with E-state index in [-0.39, 0.29) is 18.4 Å². The van der Waals surface area contributed by atoms with Gasteiger partial charge in [-0.1, -0.05) is 24.3 Å². The van der Waals surface area contributed by atoms with Crippen LogP contribution in [0.2, 0.25) is 0 Å². The highest BCUT2D eigenvalue weighted by molar-refractivity contribution is 7.08. The fraction of sp³-hybridized carbons (Fsp3) is 0.312. The van der Waals surface area contributed by atoms with E-state index in [0.29, 0.717) is 6.54 Å². The standard InChI is InChI=1S/C16H19NO2S/c1-12(15-7-9-20-11-15)16(19)17-8-6-13-2-4-14(10-18)5-3-13/h2-5,7,9,11-12,18H,6,8,10H2,1H3,(H,17,19). The molecule has 2 aromatic rings. The van der Waals surface area contributed by atoms with E-state index in [2.05, 4.69) is 5.32 Å². The van der Waals surface area contributed by atoms with Gasteiger partial charge in [-0.2, -0.15) is 11.3 Å². The summed E-state index contributed by atoms with van der Waals surface area (Å²) in [5, 5.41) is 15.9. The lowest BCUT2D eigenvalue weighted by molar-refractivity contribution is -0.122. The van der Waals surface area contributed by atoms with E-state index >= 15 is 0 Å². The first kappa shape index (κ1) is 14.8. The second kappa shape index (κ2) is 7.22. The molecule has 1 aromatic carbocycles. The van der Waals surface area contributed by atoms with E-state index in [1.54, 1.807) is 11.3 Å². The fourth-order valence-corrected chi connectivity index (χ4v) is 2.72. The van der Waals surface area contributed by atoms with Crippen LogP contribution in [0.3, 0.4) is 0 Å². The lowest BCUT2D eigenvalue weighted by Gasteiger charge is -2.11. The Labute approximate surface area is 123 Å². The summed E-state index contributed by atoms with van der Waals surface area (Å²) in [6, 6.07) is 9.78. The van der Waals surface area contributed by atoms with Gasteiger partial charge in [-0.15, -0.1) is 0 Å². The average molecular weight is 289 g/mol. The van der Waals surface area contributed by atoms with Crippen LogP contribution >= 0.6 is 11.3 Å². The SMILES string of the molecule is CC(C(=O)NCCc1ccc(CO)cc1)c1ccsc1. The van der Waals surface area contributed by atoms with Crippen LogP contribution in [0.15, 0.2) is 41.1 Å². The van der Waals surface area contributed by atoms with Gasteiger partial charge in [0.25, 0.3) is 0 Å². The number of nitrogens with one attached hydrogen (secondary N) is 1. The molecule has 0 fully saturated rings. The molecule has 0 saturated heterocycles. The molecule has 1 heterocycles. The third kappa shape index (κ3) is 3.92. The van der Waals surface area contributed by atoms with Crippen LogP contribution < -0.4 is 5.32 Å². The topological polar surface area (TPSA) is 49.3 Å². The molecule has 0 aliphatic carbocycles. The minimum atomic E-state index is -0.0991. The maximum absolute atomic E-state index is 12.0. The van der Waals surface area contributed by atoms with E-state index in [0.717, 1.165) is 23.1 Å². The van der Waals surface area contributed by atoms with Crippen LogP contribution in [-0.4, -0.2) is 17.6 Å². The van der Waals surface area contributed by atoms with Crippen molar-refractivity contribution in [2.75, 3.05) is 6.54 Å². The first-order chi connectivity index (χ1) is 9.70. The molecule has 0 aliphatic heterocycles. The van der Waals surface area contributed by atoms with Crippen molar-refractivity contribution in [2.24, 2.45) is 0 Å². The molecular weight excluding hydrogens is 270 g/mol. The van der Waals surface area contributed by atoms with Gasteiger partial charge < -0.3 is 10.4 Å². The second-order valence-electron chi connectivity index (χ2n) is 4.79. The number of benzene rings is 1. The number of carbonyl (C=O) groups excluding carboxylic acids is 1. The molecular formula is C16H19NO2S. The van der Waals surface area contributed by atoms with Crippen LogP contribution in [0.1, 0.15) is 29.5 Å². The number of hydrogen-bond donors (Lipinski definition) is 2. The summed E-state index contributed by atoms with van der Waals surface area (Å²) in [7, 11) is 0. The highest BCUT2D eigenvalue weighted by atomic mass is 32.1. The predicted octanol–water partition coefficient (Wildman–Crippen LogP) is 2.70. The molecule has 3 nitrogen and oxygen atoms in total. The van der Waals surface area contributed by atoms with Crippen molar-refractivity contribution >= 4 is 17.2 Å². The minimum Gasteiger partial charge on any atom is -0.392 e. The molecule has 20 heavy (non-hydrogen) atoms. The minimum absolute atomic E-state index is 0.0647. The van der Waals surface area contributed by atoms with Crippen molar-refractivity contribution in [1.29, 1.82) is 0 Å². The summed E-state index contributed by atoms with van der Waals surface area (Å²) in [4.78, 5) is 12.0. The highest BCUT2D eigenvalue weighted by Gasteiger charge is 2.14.